The lowest BCUT2D eigenvalue weighted by atomic mass is 10.1. The van der Waals surface area contributed by atoms with Gasteiger partial charge in [0.1, 0.15) is 0 Å². The number of ether oxygens (including phenoxy) is 3. The highest BCUT2D eigenvalue weighted by atomic mass is 16.5. The van der Waals surface area contributed by atoms with Crippen LogP contribution in [0.2, 0.25) is 0 Å². The summed E-state index contributed by atoms with van der Waals surface area (Å²) in [6.45, 7) is 0.601. The average Bonchev–Trinajstić information content (AvgIpc) is 2.28. The molecule has 0 saturated heterocycles. The van der Waals surface area contributed by atoms with Gasteiger partial charge in [0.25, 0.3) is 0 Å². The molecule has 0 aromatic heterocycles. The van der Waals surface area contributed by atoms with E-state index in [9.17, 15) is 0 Å². The lowest BCUT2D eigenvalue weighted by Crippen LogP contribution is -1.98. The molecule has 0 radical (unpaired) electrons. The Hall–Kier alpha value is -1.42. The van der Waals surface area contributed by atoms with Crippen LogP contribution < -0.4 is 14.2 Å². The molecule has 1 rings (SSSR count). The maximum Gasteiger partial charge on any atom is 0.203 e. The third kappa shape index (κ3) is 2.33. The van der Waals surface area contributed by atoms with Gasteiger partial charge in [-0.25, -0.2) is 0 Å². The summed E-state index contributed by atoms with van der Waals surface area (Å²) in [5.41, 5.74) is 0.984. The van der Waals surface area contributed by atoms with E-state index < -0.39 is 0 Å². The summed E-state index contributed by atoms with van der Waals surface area (Å²) in [4.78, 5) is 0. The summed E-state index contributed by atoms with van der Waals surface area (Å²) >= 11 is 0. The van der Waals surface area contributed by atoms with Crippen LogP contribution in [0.25, 0.3) is 5.32 Å². The van der Waals surface area contributed by atoms with Gasteiger partial charge in [-0.15, -0.1) is 6.54 Å². The van der Waals surface area contributed by atoms with E-state index in [0.29, 0.717) is 23.8 Å². The highest BCUT2D eigenvalue weighted by Gasteiger charge is 2.13. The predicted octanol–water partition coefficient (Wildman–Crippen LogP) is 2.22. The van der Waals surface area contributed by atoms with Crippen LogP contribution in [0.5, 0.6) is 17.2 Å². The Bertz CT molecular complexity index is 326. The lowest BCUT2D eigenvalue weighted by molar-refractivity contribution is 0.322. The van der Waals surface area contributed by atoms with Gasteiger partial charge >= 0.3 is 0 Å². The van der Waals surface area contributed by atoms with E-state index in [0.717, 1.165) is 5.56 Å². The Morgan fingerprint density at radius 2 is 1.67 bits per heavy atom. The molecule has 0 bridgehead atoms. The van der Waals surface area contributed by atoms with Crippen molar-refractivity contribution >= 4 is 0 Å². The predicted molar refractivity (Wildman–Crippen MR) is 59.1 cm³/mol. The minimum atomic E-state index is 0.601. The summed E-state index contributed by atoms with van der Waals surface area (Å²) in [7, 11) is 6.56. The second-order valence-electron chi connectivity index (χ2n) is 2.97. The molecule has 0 fully saturated rings. The van der Waals surface area contributed by atoms with Crippen molar-refractivity contribution < 1.29 is 14.2 Å². The molecule has 1 aromatic rings. The van der Waals surface area contributed by atoms with Gasteiger partial charge in [-0.3, -0.25) is 0 Å². The topological polar surface area (TPSA) is 41.8 Å². The molecule has 84 valence electrons. The van der Waals surface area contributed by atoms with E-state index in [1.54, 1.807) is 28.4 Å². The fourth-order valence-electron chi connectivity index (χ4n) is 1.46. The number of nitrogens with zero attached hydrogens (tertiary/aromatic N) is 1. The third-order valence-electron chi connectivity index (χ3n) is 2.11. The number of rotatable bonds is 5. The molecule has 4 heteroatoms. The quantitative estimate of drug-likeness (QED) is 0.748. The van der Waals surface area contributed by atoms with E-state index in [1.165, 1.54) is 0 Å². The van der Waals surface area contributed by atoms with Crippen molar-refractivity contribution in [2.24, 2.45) is 0 Å². The first-order valence-corrected chi connectivity index (χ1v) is 4.61. The minimum absolute atomic E-state index is 0.601. The first-order chi connectivity index (χ1) is 7.28. The first-order valence-electron chi connectivity index (χ1n) is 4.61. The monoisotopic (exact) mass is 210 g/mol. The van der Waals surface area contributed by atoms with Gasteiger partial charge in [0.2, 0.25) is 5.75 Å². The number of hydrogen-bond donors (Lipinski definition) is 0. The molecule has 0 atom stereocenters. The Morgan fingerprint density at radius 1 is 1.00 bits per heavy atom. The van der Waals surface area contributed by atoms with Crippen molar-refractivity contribution in [3.63, 3.8) is 0 Å². The van der Waals surface area contributed by atoms with Crippen molar-refractivity contribution in [2.45, 2.75) is 6.54 Å². The Morgan fingerprint density at radius 3 is 2.13 bits per heavy atom. The number of hydrogen-bond acceptors (Lipinski definition) is 3. The van der Waals surface area contributed by atoms with Crippen LogP contribution >= 0.6 is 0 Å². The molecule has 0 aliphatic heterocycles. The molecular weight excluding hydrogens is 194 g/mol. The molecule has 0 saturated carbocycles. The smallest absolute Gasteiger partial charge is 0.203 e. The molecule has 4 nitrogen and oxygen atoms in total. The van der Waals surface area contributed by atoms with Crippen molar-refractivity contribution in [3.05, 3.63) is 23.0 Å². The van der Waals surface area contributed by atoms with Gasteiger partial charge in [-0.05, 0) is 11.6 Å². The average molecular weight is 210 g/mol. The van der Waals surface area contributed by atoms with E-state index in [-0.39, 0.29) is 0 Å². The van der Waals surface area contributed by atoms with Gasteiger partial charge in [-0.2, -0.15) is 7.05 Å². The molecule has 0 N–H and O–H groups in total. The summed E-state index contributed by atoms with van der Waals surface area (Å²) in [6, 6.07) is 3.77. The number of benzene rings is 1. The molecule has 1 aromatic carbocycles. The molecule has 0 amide bonds. The molecule has 0 aliphatic rings. The summed E-state index contributed by atoms with van der Waals surface area (Å²) < 4.78 is 15.7. The molecule has 0 aliphatic carbocycles. The number of methoxy groups -OCH3 is 3. The van der Waals surface area contributed by atoms with Crippen LogP contribution in [0.15, 0.2) is 12.1 Å². The van der Waals surface area contributed by atoms with Crippen LogP contribution in [0.3, 0.4) is 0 Å². The van der Waals surface area contributed by atoms with Crippen molar-refractivity contribution in [1.82, 2.24) is 0 Å². The molecular formula is C11H16NO3-. The minimum Gasteiger partial charge on any atom is -0.661 e. The standard InChI is InChI=1S/C11H16NO3/c1-12-7-8-5-6-9(13-2)11(15-4)10(8)14-3/h5-6H,7H2,1-4H3/q-1. The summed E-state index contributed by atoms with van der Waals surface area (Å²) in [5, 5.41) is 4.07. The normalized spacial score (nSPS) is 9.87. The Kier molecular flexibility index (Phi) is 4.24. The zero-order valence-corrected chi connectivity index (χ0v) is 9.53. The first kappa shape index (κ1) is 11.7. The molecule has 0 heterocycles. The van der Waals surface area contributed by atoms with Crippen LogP contribution in [0.4, 0.5) is 0 Å². The highest BCUT2D eigenvalue weighted by molar-refractivity contribution is 5.56. The van der Waals surface area contributed by atoms with Crippen LogP contribution in [0, 0.1) is 0 Å². The SMILES string of the molecule is C[N-]Cc1ccc(OC)c(OC)c1OC. The maximum atomic E-state index is 5.30. The fraction of sp³-hybridized carbons (Fsp3) is 0.455. The van der Waals surface area contributed by atoms with E-state index in [4.69, 9.17) is 14.2 Å². The lowest BCUT2D eigenvalue weighted by Gasteiger charge is -2.19. The van der Waals surface area contributed by atoms with Gasteiger partial charge < -0.3 is 19.5 Å². The van der Waals surface area contributed by atoms with Gasteiger partial charge in [0.15, 0.2) is 11.5 Å². The van der Waals surface area contributed by atoms with E-state index in [1.807, 2.05) is 12.1 Å². The molecule has 0 spiro atoms. The summed E-state index contributed by atoms with van der Waals surface area (Å²) in [5.74, 6) is 1.96. The fourth-order valence-corrected chi connectivity index (χ4v) is 1.46. The van der Waals surface area contributed by atoms with E-state index in [2.05, 4.69) is 5.32 Å². The Labute approximate surface area is 90.1 Å². The zero-order chi connectivity index (χ0) is 11.3. The highest BCUT2D eigenvalue weighted by Crippen LogP contribution is 2.40. The largest absolute Gasteiger partial charge is 0.661 e. The molecule has 0 unspecified atom stereocenters. The van der Waals surface area contributed by atoms with Crippen molar-refractivity contribution in [1.29, 1.82) is 0 Å². The summed E-state index contributed by atoms with van der Waals surface area (Å²) in [6.07, 6.45) is 0. The molecule has 15 heavy (non-hydrogen) atoms. The van der Waals surface area contributed by atoms with Crippen LogP contribution in [-0.4, -0.2) is 28.4 Å². The Balaban J connectivity index is 3.21. The van der Waals surface area contributed by atoms with Crippen molar-refractivity contribution in [2.75, 3.05) is 28.4 Å². The van der Waals surface area contributed by atoms with Crippen LogP contribution in [0.1, 0.15) is 5.56 Å². The van der Waals surface area contributed by atoms with Crippen molar-refractivity contribution in [3.8, 4) is 17.2 Å². The van der Waals surface area contributed by atoms with E-state index >= 15 is 0 Å². The van der Waals surface area contributed by atoms with Gasteiger partial charge in [-0.1, -0.05) is 6.07 Å². The zero-order valence-electron chi connectivity index (χ0n) is 9.53. The second-order valence-corrected chi connectivity index (χ2v) is 2.97. The van der Waals surface area contributed by atoms with Crippen LogP contribution in [-0.2, 0) is 6.54 Å². The van der Waals surface area contributed by atoms with Gasteiger partial charge in [0, 0.05) is 0 Å². The van der Waals surface area contributed by atoms with Gasteiger partial charge in [0.05, 0.1) is 21.3 Å². The second kappa shape index (κ2) is 5.46. The third-order valence-corrected chi connectivity index (χ3v) is 2.11. The maximum absolute atomic E-state index is 5.30.